The summed E-state index contributed by atoms with van der Waals surface area (Å²) in [6.45, 7) is 10.2. The molecule has 0 spiro atoms. The second kappa shape index (κ2) is 14.8. The van der Waals surface area contributed by atoms with Gasteiger partial charge in [0.05, 0.1) is 0 Å². The van der Waals surface area contributed by atoms with Gasteiger partial charge in [-0.2, -0.15) is 0 Å². The van der Waals surface area contributed by atoms with Gasteiger partial charge in [-0.3, -0.25) is 0 Å². The van der Waals surface area contributed by atoms with Gasteiger partial charge in [0, 0.05) is 37.1 Å². The monoisotopic (exact) mass is 332 g/mol. The third-order valence-corrected chi connectivity index (χ3v) is 5.33. The van der Waals surface area contributed by atoms with Crippen molar-refractivity contribution >= 4 is 29.6 Å². The van der Waals surface area contributed by atoms with Gasteiger partial charge >= 0.3 is 8.80 Å². The highest BCUT2D eigenvalue weighted by Gasteiger charge is 2.39. The molecule has 8 heteroatoms. The van der Waals surface area contributed by atoms with Crippen LogP contribution >= 0.6 is 0 Å². The molecule has 0 aromatic heterocycles. The van der Waals surface area contributed by atoms with Crippen LogP contribution in [0.15, 0.2) is 0 Å². The zero-order chi connectivity index (χ0) is 15.1. The van der Waals surface area contributed by atoms with Crippen LogP contribution in [-0.4, -0.2) is 37.4 Å². The van der Waals surface area contributed by atoms with Crippen LogP contribution in [0.1, 0.15) is 47.0 Å². The third-order valence-electron chi connectivity index (χ3n) is 2.18. The maximum absolute atomic E-state index is 8.96. The number of thiol groups is 1. The molecule has 1 N–H and O–H groups in total. The molecule has 0 bridgehead atoms. The summed E-state index contributed by atoms with van der Waals surface area (Å²) in [5.41, 5.74) is 0. The van der Waals surface area contributed by atoms with E-state index in [1.165, 1.54) is 12.8 Å². The van der Waals surface area contributed by atoms with Crippen LogP contribution in [0.4, 0.5) is 0 Å². The van der Waals surface area contributed by atoms with E-state index in [0.717, 1.165) is 12.5 Å². The van der Waals surface area contributed by atoms with E-state index in [0.29, 0.717) is 19.8 Å². The summed E-state index contributed by atoms with van der Waals surface area (Å²) in [4.78, 5) is 0. The van der Waals surface area contributed by atoms with E-state index in [1.54, 1.807) is 0 Å². The van der Waals surface area contributed by atoms with Crippen LogP contribution in [0.3, 0.4) is 0 Å². The Labute approximate surface area is 124 Å². The number of hydrogen-bond acceptors (Lipinski definition) is 5. The summed E-state index contributed by atoms with van der Waals surface area (Å²) >= 11 is 3.69. The second-order valence-electron chi connectivity index (χ2n) is 3.68. The molecule has 0 heterocycles. The Balaban J connectivity index is 0. The van der Waals surface area contributed by atoms with Crippen molar-refractivity contribution in [3.8, 4) is 0 Å². The van der Waals surface area contributed by atoms with Gasteiger partial charge in [-0.05, 0) is 27.2 Å². The van der Waals surface area contributed by atoms with Crippen molar-refractivity contribution in [1.29, 1.82) is 0 Å². The number of unbranched alkanes of at least 4 members (excludes halogenated alkanes) is 2. The molecule has 0 aliphatic rings. The lowest BCUT2D eigenvalue weighted by atomic mass is 10.3. The summed E-state index contributed by atoms with van der Waals surface area (Å²) in [6, 6.07) is 0.955. The van der Waals surface area contributed by atoms with E-state index in [1.807, 2.05) is 20.8 Å². The van der Waals surface area contributed by atoms with Crippen molar-refractivity contribution in [3.63, 3.8) is 0 Å². The molecule has 1 atom stereocenters. The van der Waals surface area contributed by atoms with Gasteiger partial charge < -0.3 is 17.8 Å². The minimum atomic E-state index is -2.33. The SMILES string of the molecule is CCCCC[Si](OCC)(OCC)OCC.O=[SH](O)=S. The Morgan fingerprint density at radius 1 is 1.00 bits per heavy atom. The fourth-order valence-electron chi connectivity index (χ4n) is 1.59. The highest BCUT2D eigenvalue weighted by molar-refractivity contribution is 8.18. The molecule has 0 rings (SSSR count). The standard InChI is InChI=1S/C11H26O3Si.H2O2S2/c1-5-9-10-11-15(12-6-2,13-7-3)14-8-4;1-4(2)3/h5-11H2,1-4H3;4H,(H,1,2,3). The topological polar surface area (TPSA) is 65.0 Å². The van der Waals surface area contributed by atoms with E-state index in [-0.39, 0.29) is 0 Å². The third kappa shape index (κ3) is 14.6. The van der Waals surface area contributed by atoms with Crippen molar-refractivity contribution in [2.75, 3.05) is 19.8 Å². The quantitative estimate of drug-likeness (QED) is 0.364. The minimum Gasteiger partial charge on any atom is -0.374 e. The smallest absolute Gasteiger partial charge is 0.374 e. The molecular formula is C11H28O5S2Si. The van der Waals surface area contributed by atoms with Crippen molar-refractivity contribution < 1.29 is 22.0 Å². The zero-order valence-electron chi connectivity index (χ0n) is 12.4. The molecule has 0 aromatic carbocycles. The van der Waals surface area contributed by atoms with E-state index >= 15 is 0 Å². The predicted molar refractivity (Wildman–Crippen MR) is 84.5 cm³/mol. The van der Waals surface area contributed by atoms with Gasteiger partial charge in [0.15, 0.2) is 0 Å². The van der Waals surface area contributed by atoms with Crippen LogP contribution in [0.2, 0.25) is 6.04 Å². The molecule has 118 valence electrons. The van der Waals surface area contributed by atoms with Crippen LogP contribution in [0.25, 0.3) is 0 Å². The molecule has 0 aliphatic heterocycles. The Kier molecular flexibility index (Phi) is 17.0. The first kappa shape index (κ1) is 21.7. The Bertz CT molecular complexity index is 236. The van der Waals surface area contributed by atoms with Crippen LogP contribution in [0.5, 0.6) is 0 Å². The maximum Gasteiger partial charge on any atom is 0.500 e. The highest BCUT2D eigenvalue weighted by Crippen LogP contribution is 2.19. The molecule has 0 saturated carbocycles. The second-order valence-corrected chi connectivity index (χ2v) is 7.82. The molecule has 0 radical (unpaired) electrons. The van der Waals surface area contributed by atoms with Crippen molar-refractivity contribution in [2.45, 2.75) is 53.0 Å². The Hall–Kier alpha value is 0.427. The average Bonchev–Trinajstić information content (AvgIpc) is 2.29. The molecule has 0 amide bonds. The number of rotatable bonds is 10. The van der Waals surface area contributed by atoms with Gasteiger partial charge in [0.25, 0.3) is 0 Å². The first-order valence-corrected chi connectivity index (χ1v) is 10.9. The summed E-state index contributed by atoms with van der Waals surface area (Å²) in [5.74, 6) is 0. The van der Waals surface area contributed by atoms with Crippen molar-refractivity contribution in [1.82, 2.24) is 0 Å². The summed E-state index contributed by atoms with van der Waals surface area (Å²) in [5, 5.41) is 0. The number of hydrogen-bond donors (Lipinski definition) is 2. The largest absolute Gasteiger partial charge is 0.500 e. The van der Waals surface area contributed by atoms with Gasteiger partial charge in [-0.25, -0.2) is 4.21 Å². The Morgan fingerprint density at radius 2 is 1.37 bits per heavy atom. The van der Waals surface area contributed by atoms with Gasteiger partial charge in [0.2, 0.25) is 0 Å². The summed E-state index contributed by atoms with van der Waals surface area (Å²) in [6.07, 6.45) is 3.58. The van der Waals surface area contributed by atoms with E-state index in [2.05, 4.69) is 18.1 Å². The summed E-state index contributed by atoms with van der Waals surface area (Å²) in [7, 11) is -4.62. The van der Waals surface area contributed by atoms with Gasteiger partial charge in [0.1, 0.15) is 9.64 Å². The first-order valence-electron chi connectivity index (χ1n) is 6.73. The lowest BCUT2D eigenvalue weighted by Gasteiger charge is -2.28. The minimum absolute atomic E-state index is 0.679. The van der Waals surface area contributed by atoms with E-state index in [4.69, 9.17) is 22.0 Å². The molecule has 0 saturated heterocycles. The highest BCUT2D eigenvalue weighted by atomic mass is 32.8. The van der Waals surface area contributed by atoms with E-state index < -0.39 is 18.4 Å². The predicted octanol–water partition coefficient (Wildman–Crippen LogP) is 2.63. The lowest BCUT2D eigenvalue weighted by molar-refractivity contribution is 0.0707. The summed E-state index contributed by atoms with van der Waals surface area (Å²) < 4.78 is 33.6. The van der Waals surface area contributed by atoms with Crippen molar-refractivity contribution in [2.24, 2.45) is 0 Å². The molecule has 5 nitrogen and oxygen atoms in total. The zero-order valence-corrected chi connectivity index (χ0v) is 15.1. The van der Waals surface area contributed by atoms with Crippen LogP contribution in [0, 0.1) is 0 Å². The molecule has 1 unspecified atom stereocenters. The normalized spacial score (nSPS) is 12.7. The molecule has 0 aromatic rings. The van der Waals surface area contributed by atoms with Crippen LogP contribution in [-0.2, 0) is 34.1 Å². The fraction of sp³-hybridized carbons (Fsp3) is 1.00. The first-order chi connectivity index (χ1) is 8.97. The average molecular weight is 333 g/mol. The fourth-order valence-corrected chi connectivity index (χ4v) is 4.28. The molecule has 0 fully saturated rings. The lowest BCUT2D eigenvalue weighted by Crippen LogP contribution is -2.45. The Morgan fingerprint density at radius 3 is 1.63 bits per heavy atom. The molecule has 19 heavy (non-hydrogen) atoms. The van der Waals surface area contributed by atoms with Crippen molar-refractivity contribution in [3.05, 3.63) is 0 Å². The van der Waals surface area contributed by atoms with Gasteiger partial charge in [-0.15, -0.1) is 0 Å². The maximum atomic E-state index is 8.96. The molecular weight excluding hydrogens is 304 g/mol. The van der Waals surface area contributed by atoms with Gasteiger partial charge in [-0.1, -0.05) is 19.8 Å². The molecule has 0 aliphatic carbocycles. The van der Waals surface area contributed by atoms with Crippen LogP contribution < -0.4 is 0 Å². The van der Waals surface area contributed by atoms with E-state index in [9.17, 15) is 0 Å².